The van der Waals surface area contributed by atoms with Crippen LogP contribution in [0.25, 0.3) is 0 Å². The number of hydrogen-bond acceptors (Lipinski definition) is 4. The third-order valence-electron chi connectivity index (χ3n) is 5.02. The zero-order chi connectivity index (χ0) is 14.1. The van der Waals surface area contributed by atoms with Gasteiger partial charge in [-0.25, -0.2) is 0 Å². The van der Waals surface area contributed by atoms with Gasteiger partial charge in [0, 0.05) is 30.5 Å². The molecule has 1 aliphatic heterocycles. The SMILES string of the molecule is Cc1noc(C)c1CN1CCCC1C1CCCCC1=O. The van der Waals surface area contributed by atoms with Gasteiger partial charge in [0.15, 0.2) is 0 Å². The number of likely N-dealkylation sites (tertiary alicyclic amines) is 1. The lowest BCUT2D eigenvalue weighted by atomic mass is 9.81. The molecule has 1 aromatic heterocycles. The molecule has 2 aliphatic rings. The van der Waals surface area contributed by atoms with Crippen molar-refractivity contribution in [1.29, 1.82) is 0 Å². The first-order chi connectivity index (χ1) is 9.66. The van der Waals surface area contributed by atoms with E-state index in [1.807, 2.05) is 13.8 Å². The van der Waals surface area contributed by atoms with Gasteiger partial charge < -0.3 is 4.52 Å². The number of nitrogens with zero attached hydrogens (tertiary/aromatic N) is 2. The molecule has 20 heavy (non-hydrogen) atoms. The first-order valence-electron chi connectivity index (χ1n) is 7.85. The Morgan fingerprint density at radius 1 is 1.25 bits per heavy atom. The van der Waals surface area contributed by atoms with Crippen LogP contribution in [-0.4, -0.2) is 28.4 Å². The third-order valence-corrected chi connectivity index (χ3v) is 5.02. The highest BCUT2D eigenvalue weighted by Crippen LogP contribution is 2.33. The van der Waals surface area contributed by atoms with E-state index in [9.17, 15) is 4.79 Å². The van der Waals surface area contributed by atoms with Gasteiger partial charge in [-0.1, -0.05) is 11.6 Å². The van der Waals surface area contributed by atoms with E-state index in [1.54, 1.807) is 0 Å². The molecule has 2 heterocycles. The highest BCUT2D eigenvalue weighted by atomic mass is 16.5. The summed E-state index contributed by atoms with van der Waals surface area (Å²) in [6.07, 6.45) is 6.55. The number of rotatable bonds is 3. The summed E-state index contributed by atoms with van der Waals surface area (Å²) in [6.45, 7) is 5.96. The lowest BCUT2D eigenvalue weighted by Gasteiger charge is -2.33. The minimum atomic E-state index is 0.270. The number of Topliss-reactive ketones (excluding diaryl/α,β-unsaturated/α-hetero) is 1. The first-order valence-corrected chi connectivity index (χ1v) is 7.85. The lowest BCUT2D eigenvalue weighted by Crippen LogP contribution is -2.40. The van der Waals surface area contributed by atoms with Crippen LogP contribution in [0.2, 0.25) is 0 Å². The Bertz CT molecular complexity index is 475. The van der Waals surface area contributed by atoms with Crippen LogP contribution in [-0.2, 0) is 11.3 Å². The molecule has 0 spiro atoms. The molecule has 4 heteroatoms. The molecule has 1 aromatic rings. The van der Waals surface area contributed by atoms with E-state index in [0.717, 1.165) is 43.8 Å². The van der Waals surface area contributed by atoms with Crippen molar-refractivity contribution < 1.29 is 9.32 Å². The molecule has 1 aliphatic carbocycles. The van der Waals surface area contributed by atoms with Gasteiger partial charge in [-0.05, 0) is 46.1 Å². The largest absolute Gasteiger partial charge is 0.361 e. The molecular formula is C16H24N2O2. The van der Waals surface area contributed by atoms with Crippen LogP contribution in [0.15, 0.2) is 4.52 Å². The van der Waals surface area contributed by atoms with Crippen molar-refractivity contribution in [3.63, 3.8) is 0 Å². The maximum atomic E-state index is 12.2. The standard InChI is InChI=1S/C16H24N2O2/c1-11-14(12(2)20-17-11)10-18-9-5-7-15(18)13-6-3-4-8-16(13)19/h13,15H,3-10H2,1-2H3. The summed E-state index contributed by atoms with van der Waals surface area (Å²) in [5, 5.41) is 4.04. The minimum absolute atomic E-state index is 0.270. The fraction of sp³-hybridized carbons (Fsp3) is 0.750. The second-order valence-electron chi connectivity index (χ2n) is 6.30. The van der Waals surface area contributed by atoms with Crippen LogP contribution in [0, 0.1) is 19.8 Å². The molecule has 1 saturated heterocycles. The maximum absolute atomic E-state index is 12.2. The zero-order valence-electron chi connectivity index (χ0n) is 12.5. The van der Waals surface area contributed by atoms with Gasteiger partial charge in [0.2, 0.25) is 0 Å². The molecule has 0 aromatic carbocycles. The molecule has 0 bridgehead atoms. The third kappa shape index (κ3) is 2.53. The summed E-state index contributed by atoms with van der Waals surface area (Å²) in [7, 11) is 0. The molecule has 2 unspecified atom stereocenters. The summed E-state index contributed by atoms with van der Waals surface area (Å²) >= 11 is 0. The van der Waals surface area contributed by atoms with E-state index < -0.39 is 0 Å². The van der Waals surface area contributed by atoms with Gasteiger partial charge in [-0.2, -0.15) is 0 Å². The highest BCUT2D eigenvalue weighted by Gasteiger charge is 2.37. The van der Waals surface area contributed by atoms with E-state index in [2.05, 4.69) is 10.1 Å². The number of ketones is 1. The van der Waals surface area contributed by atoms with E-state index >= 15 is 0 Å². The predicted octanol–water partition coefficient (Wildman–Crippen LogP) is 3.02. The van der Waals surface area contributed by atoms with Crippen molar-refractivity contribution in [2.45, 2.75) is 65.0 Å². The molecule has 1 saturated carbocycles. The molecule has 4 nitrogen and oxygen atoms in total. The molecule has 3 rings (SSSR count). The Hall–Kier alpha value is -1.16. The summed E-state index contributed by atoms with van der Waals surface area (Å²) in [4.78, 5) is 14.7. The fourth-order valence-corrected chi connectivity index (χ4v) is 3.85. The number of aromatic nitrogens is 1. The van der Waals surface area contributed by atoms with Gasteiger partial charge in [0.25, 0.3) is 0 Å². The van der Waals surface area contributed by atoms with Gasteiger partial charge in [0.1, 0.15) is 11.5 Å². The maximum Gasteiger partial charge on any atom is 0.138 e. The van der Waals surface area contributed by atoms with Crippen LogP contribution in [0.3, 0.4) is 0 Å². The molecule has 2 fully saturated rings. The molecule has 0 N–H and O–H groups in total. The van der Waals surface area contributed by atoms with Crippen molar-refractivity contribution in [2.75, 3.05) is 6.54 Å². The molecule has 110 valence electrons. The van der Waals surface area contributed by atoms with Crippen molar-refractivity contribution >= 4 is 5.78 Å². The average molecular weight is 276 g/mol. The molecule has 0 radical (unpaired) electrons. The number of carbonyl (C=O) groups excluding carboxylic acids is 1. The van der Waals surface area contributed by atoms with Crippen LogP contribution < -0.4 is 0 Å². The van der Waals surface area contributed by atoms with Crippen LogP contribution >= 0.6 is 0 Å². The highest BCUT2D eigenvalue weighted by molar-refractivity contribution is 5.82. The Labute approximate surface area is 120 Å². The monoisotopic (exact) mass is 276 g/mol. The van der Waals surface area contributed by atoms with Gasteiger partial charge in [-0.15, -0.1) is 0 Å². The van der Waals surface area contributed by atoms with E-state index in [0.29, 0.717) is 11.8 Å². The summed E-state index contributed by atoms with van der Waals surface area (Å²) in [5.74, 6) is 1.68. The smallest absolute Gasteiger partial charge is 0.138 e. The minimum Gasteiger partial charge on any atom is -0.361 e. The predicted molar refractivity (Wildman–Crippen MR) is 76.4 cm³/mol. The van der Waals surface area contributed by atoms with Gasteiger partial charge in [0.05, 0.1) is 5.69 Å². The number of hydrogen-bond donors (Lipinski definition) is 0. The van der Waals surface area contributed by atoms with Crippen LogP contribution in [0.5, 0.6) is 0 Å². The quantitative estimate of drug-likeness (QED) is 0.851. The second-order valence-corrected chi connectivity index (χ2v) is 6.30. The normalized spacial score (nSPS) is 28.2. The van der Waals surface area contributed by atoms with Crippen molar-refractivity contribution in [1.82, 2.24) is 10.1 Å². The summed E-state index contributed by atoms with van der Waals surface area (Å²) in [5.41, 5.74) is 2.20. The Kier molecular flexibility index (Phi) is 3.92. The van der Waals surface area contributed by atoms with Gasteiger partial charge >= 0.3 is 0 Å². The lowest BCUT2D eigenvalue weighted by molar-refractivity contribution is -0.126. The Morgan fingerprint density at radius 2 is 2.10 bits per heavy atom. The Morgan fingerprint density at radius 3 is 2.80 bits per heavy atom. The summed E-state index contributed by atoms with van der Waals surface area (Å²) < 4.78 is 5.26. The average Bonchev–Trinajstić information content (AvgIpc) is 3.01. The van der Waals surface area contributed by atoms with E-state index in [1.165, 1.54) is 24.8 Å². The van der Waals surface area contributed by atoms with Crippen molar-refractivity contribution in [3.05, 3.63) is 17.0 Å². The topological polar surface area (TPSA) is 46.3 Å². The number of aryl methyl sites for hydroxylation is 2. The van der Waals surface area contributed by atoms with Crippen LogP contribution in [0.1, 0.15) is 55.5 Å². The van der Waals surface area contributed by atoms with Crippen molar-refractivity contribution in [2.24, 2.45) is 5.92 Å². The molecule has 0 amide bonds. The second kappa shape index (κ2) is 5.68. The number of carbonyl (C=O) groups is 1. The molecule has 2 atom stereocenters. The van der Waals surface area contributed by atoms with Crippen molar-refractivity contribution in [3.8, 4) is 0 Å². The molecular weight excluding hydrogens is 252 g/mol. The fourth-order valence-electron chi connectivity index (χ4n) is 3.85. The zero-order valence-corrected chi connectivity index (χ0v) is 12.5. The Balaban J connectivity index is 1.74. The van der Waals surface area contributed by atoms with E-state index in [-0.39, 0.29) is 5.92 Å². The van der Waals surface area contributed by atoms with E-state index in [4.69, 9.17) is 4.52 Å². The summed E-state index contributed by atoms with van der Waals surface area (Å²) in [6, 6.07) is 0.441. The van der Waals surface area contributed by atoms with Gasteiger partial charge in [-0.3, -0.25) is 9.69 Å². The first kappa shape index (κ1) is 13.8. The van der Waals surface area contributed by atoms with Crippen LogP contribution in [0.4, 0.5) is 0 Å².